The average Bonchev–Trinajstić information content (AvgIpc) is 2.76. The fourth-order valence-corrected chi connectivity index (χ4v) is 4.40. The summed E-state index contributed by atoms with van der Waals surface area (Å²) in [7, 11) is 0. The van der Waals surface area contributed by atoms with Crippen molar-refractivity contribution in [3.63, 3.8) is 0 Å². The molecule has 2 aromatic rings. The molecule has 6 heteroatoms. The zero-order valence-electron chi connectivity index (χ0n) is 9.65. The van der Waals surface area contributed by atoms with Crippen molar-refractivity contribution in [2.75, 3.05) is 11.1 Å². The van der Waals surface area contributed by atoms with E-state index < -0.39 is 5.82 Å². The van der Waals surface area contributed by atoms with Crippen LogP contribution >= 0.6 is 34.7 Å². The van der Waals surface area contributed by atoms with Crippen molar-refractivity contribution in [2.24, 2.45) is 0 Å². The van der Waals surface area contributed by atoms with Gasteiger partial charge in [-0.25, -0.2) is 4.39 Å². The van der Waals surface area contributed by atoms with E-state index in [1.165, 1.54) is 17.8 Å². The summed E-state index contributed by atoms with van der Waals surface area (Å²) in [4.78, 5) is 12.7. The number of hydrogen-bond acceptors (Lipinski definition) is 3. The molecule has 0 spiro atoms. The highest BCUT2D eigenvalue weighted by Crippen LogP contribution is 2.44. The minimum atomic E-state index is -0.426. The first-order valence-electron chi connectivity index (χ1n) is 5.59. The summed E-state index contributed by atoms with van der Waals surface area (Å²) in [6, 6.07) is 6.61. The highest BCUT2D eigenvalue weighted by molar-refractivity contribution is 8.00. The Hall–Kier alpha value is -1.04. The molecule has 0 saturated heterocycles. The molecule has 1 amide bonds. The van der Waals surface area contributed by atoms with Gasteiger partial charge in [-0.1, -0.05) is 17.7 Å². The lowest BCUT2D eigenvalue weighted by Crippen LogP contribution is -2.11. The molecule has 1 aromatic carbocycles. The van der Waals surface area contributed by atoms with Gasteiger partial charge in [0.05, 0.1) is 21.7 Å². The minimum Gasteiger partial charge on any atom is -0.324 e. The summed E-state index contributed by atoms with van der Waals surface area (Å²) in [5.74, 6) is -0.0638. The highest BCUT2D eigenvalue weighted by Gasteiger charge is 2.25. The molecule has 0 fully saturated rings. The van der Waals surface area contributed by atoms with Crippen LogP contribution in [0.15, 0.2) is 29.6 Å². The molecule has 1 atom stereocenters. The van der Waals surface area contributed by atoms with E-state index in [1.54, 1.807) is 23.5 Å². The first-order valence-corrected chi connectivity index (χ1v) is 7.89. The van der Waals surface area contributed by atoms with Crippen LogP contribution in [0, 0.1) is 5.82 Å². The van der Waals surface area contributed by atoms with Gasteiger partial charge < -0.3 is 5.32 Å². The van der Waals surface area contributed by atoms with Gasteiger partial charge >= 0.3 is 0 Å². The summed E-state index contributed by atoms with van der Waals surface area (Å²) in [6.07, 6.45) is 0. The molecule has 0 aliphatic carbocycles. The Labute approximate surface area is 123 Å². The number of benzene rings is 1. The third-order valence-electron chi connectivity index (χ3n) is 2.83. The van der Waals surface area contributed by atoms with Gasteiger partial charge in [-0.05, 0) is 29.1 Å². The van der Waals surface area contributed by atoms with E-state index >= 15 is 0 Å². The maximum atomic E-state index is 13.2. The number of carbonyl (C=O) groups excluding carboxylic acids is 1. The van der Waals surface area contributed by atoms with Gasteiger partial charge in [-0.3, -0.25) is 4.79 Å². The van der Waals surface area contributed by atoms with Crippen molar-refractivity contribution in [2.45, 2.75) is 5.25 Å². The normalized spacial score (nSPS) is 18.6. The van der Waals surface area contributed by atoms with Crippen LogP contribution in [-0.4, -0.2) is 11.7 Å². The van der Waals surface area contributed by atoms with Gasteiger partial charge in [0, 0.05) is 4.88 Å². The van der Waals surface area contributed by atoms with Gasteiger partial charge in [0.2, 0.25) is 5.91 Å². The molecule has 1 N–H and O–H groups in total. The Bertz CT molecular complexity index is 643. The van der Waals surface area contributed by atoms with Crippen molar-refractivity contribution >= 4 is 46.3 Å². The molecule has 1 aliphatic heterocycles. The standard InChI is InChI=1S/C13H9ClFNOS2/c14-8-5-7(1-2-9(8)15)12-13-10(3-4-18-13)16-11(17)6-19-12/h1-5,12H,6H2,(H,16,17)/t12-/m1/s1. The van der Waals surface area contributed by atoms with Crippen LogP contribution in [0.5, 0.6) is 0 Å². The quantitative estimate of drug-likeness (QED) is 0.849. The molecule has 19 heavy (non-hydrogen) atoms. The molecule has 1 aliphatic rings. The Morgan fingerprint density at radius 2 is 2.21 bits per heavy atom. The molecule has 0 unspecified atom stereocenters. The van der Waals surface area contributed by atoms with Crippen LogP contribution in [0.4, 0.5) is 10.1 Å². The van der Waals surface area contributed by atoms with Crippen molar-refractivity contribution in [1.82, 2.24) is 0 Å². The number of halogens is 2. The lowest BCUT2D eigenvalue weighted by molar-refractivity contribution is -0.113. The number of fused-ring (bicyclic) bond motifs is 1. The Morgan fingerprint density at radius 3 is 3.00 bits per heavy atom. The largest absolute Gasteiger partial charge is 0.324 e. The molecule has 0 saturated carbocycles. The van der Waals surface area contributed by atoms with Gasteiger partial charge in [0.15, 0.2) is 0 Å². The fraction of sp³-hybridized carbons (Fsp3) is 0.154. The SMILES string of the molecule is O=C1CS[C@H](c2ccc(F)c(Cl)c2)c2sccc2N1. The molecule has 1 aromatic heterocycles. The number of carbonyl (C=O) groups is 1. The van der Waals surface area contributed by atoms with Gasteiger partial charge in [0.25, 0.3) is 0 Å². The molecule has 2 nitrogen and oxygen atoms in total. The van der Waals surface area contributed by atoms with E-state index in [1.807, 2.05) is 11.4 Å². The van der Waals surface area contributed by atoms with Crippen LogP contribution in [0.2, 0.25) is 5.02 Å². The maximum Gasteiger partial charge on any atom is 0.234 e. The first-order chi connectivity index (χ1) is 9.15. The first kappa shape index (κ1) is 13.0. The molecule has 98 valence electrons. The molecule has 0 bridgehead atoms. The van der Waals surface area contributed by atoms with Crippen molar-refractivity contribution < 1.29 is 9.18 Å². The smallest absolute Gasteiger partial charge is 0.234 e. The van der Waals surface area contributed by atoms with Gasteiger partial charge in [0.1, 0.15) is 5.82 Å². The zero-order valence-corrected chi connectivity index (χ0v) is 12.0. The summed E-state index contributed by atoms with van der Waals surface area (Å²) in [6.45, 7) is 0. The third-order valence-corrected chi connectivity index (χ3v) is 5.53. The Balaban J connectivity index is 2.05. The lowest BCUT2D eigenvalue weighted by Gasteiger charge is -2.14. The van der Waals surface area contributed by atoms with Crippen molar-refractivity contribution in [3.8, 4) is 0 Å². The molecule has 0 radical (unpaired) electrons. The van der Waals surface area contributed by atoms with E-state index in [9.17, 15) is 9.18 Å². The second-order valence-electron chi connectivity index (χ2n) is 4.11. The summed E-state index contributed by atoms with van der Waals surface area (Å²) in [5.41, 5.74) is 1.75. The van der Waals surface area contributed by atoms with E-state index in [0.29, 0.717) is 5.75 Å². The summed E-state index contributed by atoms with van der Waals surface area (Å²) in [5, 5.41) is 4.93. The second kappa shape index (κ2) is 5.15. The number of rotatable bonds is 1. The van der Waals surface area contributed by atoms with Crippen LogP contribution in [-0.2, 0) is 4.79 Å². The van der Waals surface area contributed by atoms with Gasteiger partial charge in [-0.15, -0.1) is 23.1 Å². The van der Waals surface area contributed by atoms with Gasteiger partial charge in [-0.2, -0.15) is 0 Å². The molecular weight excluding hydrogens is 305 g/mol. The lowest BCUT2D eigenvalue weighted by atomic mass is 10.1. The number of amides is 1. The maximum absolute atomic E-state index is 13.2. The molecule has 2 heterocycles. The summed E-state index contributed by atoms with van der Waals surface area (Å²) < 4.78 is 13.2. The molecular formula is C13H9ClFNOS2. The topological polar surface area (TPSA) is 29.1 Å². The monoisotopic (exact) mass is 313 g/mol. The summed E-state index contributed by atoms with van der Waals surface area (Å²) >= 11 is 8.95. The van der Waals surface area contributed by atoms with E-state index in [-0.39, 0.29) is 16.2 Å². The van der Waals surface area contributed by atoms with Crippen molar-refractivity contribution in [1.29, 1.82) is 0 Å². The van der Waals surface area contributed by atoms with E-state index in [4.69, 9.17) is 11.6 Å². The number of hydrogen-bond donors (Lipinski definition) is 1. The predicted octanol–water partition coefficient (Wildman–Crippen LogP) is 4.32. The molecule has 3 rings (SSSR count). The van der Waals surface area contributed by atoms with Crippen LogP contribution in [0.1, 0.15) is 15.7 Å². The fourth-order valence-electron chi connectivity index (χ4n) is 1.97. The third kappa shape index (κ3) is 2.50. The number of anilines is 1. The number of nitrogens with one attached hydrogen (secondary N) is 1. The zero-order chi connectivity index (χ0) is 13.4. The van der Waals surface area contributed by atoms with Crippen LogP contribution in [0.25, 0.3) is 0 Å². The van der Waals surface area contributed by atoms with E-state index in [0.717, 1.165) is 16.1 Å². The van der Waals surface area contributed by atoms with E-state index in [2.05, 4.69) is 5.32 Å². The Morgan fingerprint density at radius 1 is 1.37 bits per heavy atom. The van der Waals surface area contributed by atoms with Crippen LogP contribution in [0.3, 0.4) is 0 Å². The Kier molecular flexibility index (Phi) is 3.52. The predicted molar refractivity (Wildman–Crippen MR) is 78.7 cm³/mol. The average molecular weight is 314 g/mol. The minimum absolute atomic E-state index is 0.00653. The van der Waals surface area contributed by atoms with Crippen molar-refractivity contribution in [3.05, 3.63) is 50.9 Å². The second-order valence-corrected chi connectivity index (χ2v) is 6.56. The number of thioether (sulfide) groups is 1. The van der Waals surface area contributed by atoms with Crippen LogP contribution < -0.4 is 5.32 Å². The number of thiophene rings is 1. The highest BCUT2D eigenvalue weighted by atomic mass is 35.5.